The van der Waals surface area contributed by atoms with Gasteiger partial charge in [-0.1, -0.05) is 29.8 Å². The molecule has 0 saturated carbocycles. The van der Waals surface area contributed by atoms with Gasteiger partial charge in [-0.3, -0.25) is 4.79 Å². The number of pyridine rings is 1. The molecule has 27 heavy (non-hydrogen) atoms. The lowest BCUT2D eigenvalue weighted by Crippen LogP contribution is -2.47. The van der Waals surface area contributed by atoms with Gasteiger partial charge in [0, 0.05) is 56.2 Å². The smallest absolute Gasteiger partial charge is 0.244 e. The molecule has 2 heterocycles. The molecule has 1 fully saturated rings. The zero-order valence-electron chi connectivity index (χ0n) is 16.4. The molecular formula is C22H28N4O. The Hall–Kier alpha value is -2.82. The van der Waals surface area contributed by atoms with Crippen LogP contribution in [-0.2, 0) is 11.3 Å². The summed E-state index contributed by atoms with van der Waals surface area (Å²) >= 11 is 0. The van der Waals surface area contributed by atoms with E-state index < -0.39 is 0 Å². The molecule has 1 N–H and O–H groups in total. The van der Waals surface area contributed by atoms with E-state index in [0.717, 1.165) is 43.1 Å². The Morgan fingerprint density at radius 2 is 1.78 bits per heavy atom. The highest BCUT2D eigenvalue weighted by molar-refractivity contribution is 5.88. The Balaban J connectivity index is 1.65. The van der Waals surface area contributed by atoms with Crippen LogP contribution < -0.4 is 15.1 Å². The number of hydrogen-bond acceptors (Lipinski definition) is 4. The van der Waals surface area contributed by atoms with E-state index in [4.69, 9.17) is 0 Å². The van der Waals surface area contributed by atoms with E-state index in [2.05, 4.69) is 51.3 Å². The Morgan fingerprint density at radius 3 is 2.48 bits per heavy atom. The molecule has 1 aromatic carbocycles. The molecule has 0 unspecified atom stereocenters. The second kappa shape index (κ2) is 8.71. The van der Waals surface area contributed by atoms with Crippen LogP contribution in [0.25, 0.3) is 0 Å². The van der Waals surface area contributed by atoms with Gasteiger partial charge < -0.3 is 15.1 Å². The monoisotopic (exact) mass is 364 g/mol. The highest BCUT2D eigenvalue weighted by atomic mass is 16.1. The molecule has 1 aromatic heterocycles. The molecule has 1 aliphatic heterocycles. The van der Waals surface area contributed by atoms with Crippen molar-refractivity contribution in [1.82, 2.24) is 10.3 Å². The number of piperazine rings is 1. The number of allylic oxidation sites excluding steroid dienone is 1. The van der Waals surface area contributed by atoms with E-state index >= 15 is 0 Å². The van der Waals surface area contributed by atoms with Crippen LogP contribution >= 0.6 is 0 Å². The van der Waals surface area contributed by atoms with Crippen LogP contribution in [0, 0.1) is 6.92 Å². The van der Waals surface area contributed by atoms with Crippen LogP contribution in [0.5, 0.6) is 0 Å². The molecule has 3 rings (SSSR count). The molecule has 2 aromatic rings. The minimum atomic E-state index is -0.0609. The molecular weight excluding hydrogens is 336 g/mol. The lowest BCUT2D eigenvalue weighted by molar-refractivity contribution is -0.116. The largest absolute Gasteiger partial charge is 0.368 e. The third-order valence-electron chi connectivity index (χ3n) is 4.78. The predicted molar refractivity (Wildman–Crippen MR) is 111 cm³/mol. The average molecular weight is 364 g/mol. The SMILES string of the molecule is CC(C)=CC(=O)NCc1cccnc1N1CCN(c2ccccc2C)CC1. The first kappa shape index (κ1) is 19.0. The number of hydrogen-bond donors (Lipinski definition) is 1. The second-order valence-electron chi connectivity index (χ2n) is 7.19. The maximum Gasteiger partial charge on any atom is 0.244 e. The quantitative estimate of drug-likeness (QED) is 0.827. The average Bonchev–Trinajstić information content (AvgIpc) is 2.67. The van der Waals surface area contributed by atoms with E-state index in [1.54, 1.807) is 6.08 Å². The van der Waals surface area contributed by atoms with Crippen molar-refractivity contribution in [1.29, 1.82) is 0 Å². The van der Waals surface area contributed by atoms with Crippen molar-refractivity contribution in [3.8, 4) is 0 Å². The molecule has 142 valence electrons. The van der Waals surface area contributed by atoms with Crippen LogP contribution in [0.2, 0.25) is 0 Å². The Bertz CT molecular complexity index is 819. The van der Waals surface area contributed by atoms with Gasteiger partial charge >= 0.3 is 0 Å². The zero-order chi connectivity index (χ0) is 19.2. The Labute approximate surface area is 161 Å². The number of carbonyl (C=O) groups excluding carboxylic acids is 1. The fourth-order valence-corrected chi connectivity index (χ4v) is 3.43. The maximum atomic E-state index is 11.9. The highest BCUT2D eigenvalue weighted by Gasteiger charge is 2.21. The Morgan fingerprint density at radius 1 is 1.07 bits per heavy atom. The fourth-order valence-electron chi connectivity index (χ4n) is 3.43. The van der Waals surface area contributed by atoms with Gasteiger partial charge in [-0.15, -0.1) is 0 Å². The van der Waals surface area contributed by atoms with Crippen molar-refractivity contribution in [2.75, 3.05) is 36.0 Å². The topological polar surface area (TPSA) is 48.5 Å². The number of anilines is 2. The van der Waals surface area contributed by atoms with Gasteiger partial charge in [0.15, 0.2) is 0 Å². The number of nitrogens with one attached hydrogen (secondary N) is 1. The van der Waals surface area contributed by atoms with Gasteiger partial charge in [-0.25, -0.2) is 4.98 Å². The summed E-state index contributed by atoms with van der Waals surface area (Å²) < 4.78 is 0. The Kier molecular flexibility index (Phi) is 6.12. The molecule has 0 radical (unpaired) electrons. The van der Waals surface area contributed by atoms with Crippen molar-refractivity contribution in [3.63, 3.8) is 0 Å². The van der Waals surface area contributed by atoms with Crippen LogP contribution in [0.3, 0.4) is 0 Å². The van der Waals surface area contributed by atoms with Gasteiger partial charge in [-0.05, 0) is 38.5 Å². The zero-order valence-corrected chi connectivity index (χ0v) is 16.4. The molecule has 1 saturated heterocycles. The lowest BCUT2D eigenvalue weighted by atomic mass is 10.1. The minimum absolute atomic E-state index is 0.0609. The summed E-state index contributed by atoms with van der Waals surface area (Å²) in [5.41, 5.74) is 4.67. The van der Waals surface area contributed by atoms with Crippen molar-refractivity contribution in [2.45, 2.75) is 27.3 Å². The van der Waals surface area contributed by atoms with Gasteiger partial charge in [-0.2, -0.15) is 0 Å². The van der Waals surface area contributed by atoms with Gasteiger partial charge in [0.25, 0.3) is 0 Å². The van der Waals surface area contributed by atoms with E-state index in [1.807, 2.05) is 32.2 Å². The third kappa shape index (κ3) is 4.88. The lowest BCUT2D eigenvalue weighted by Gasteiger charge is -2.38. The number of aromatic nitrogens is 1. The first-order valence-electron chi connectivity index (χ1n) is 9.47. The van der Waals surface area contributed by atoms with Crippen LogP contribution in [-0.4, -0.2) is 37.1 Å². The van der Waals surface area contributed by atoms with E-state index in [-0.39, 0.29) is 5.91 Å². The first-order chi connectivity index (χ1) is 13.0. The molecule has 0 atom stereocenters. The summed E-state index contributed by atoms with van der Waals surface area (Å²) in [6, 6.07) is 12.5. The van der Waals surface area contributed by atoms with Crippen molar-refractivity contribution in [2.24, 2.45) is 0 Å². The number of aryl methyl sites for hydroxylation is 1. The molecule has 1 amide bonds. The predicted octanol–water partition coefficient (Wildman–Crippen LogP) is 3.30. The molecule has 5 nitrogen and oxygen atoms in total. The summed E-state index contributed by atoms with van der Waals surface area (Å²) in [6.07, 6.45) is 3.45. The third-order valence-corrected chi connectivity index (χ3v) is 4.78. The van der Waals surface area contributed by atoms with Gasteiger partial charge in [0.05, 0.1) is 0 Å². The number of amides is 1. The molecule has 0 aliphatic carbocycles. The maximum absolute atomic E-state index is 11.9. The molecule has 5 heteroatoms. The second-order valence-corrected chi connectivity index (χ2v) is 7.19. The van der Waals surface area contributed by atoms with E-state index in [0.29, 0.717) is 6.54 Å². The molecule has 0 spiro atoms. The minimum Gasteiger partial charge on any atom is -0.368 e. The van der Waals surface area contributed by atoms with Crippen LogP contribution in [0.1, 0.15) is 25.0 Å². The summed E-state index contributed by atoms with van der Waals surface area (Å²) in [5, 5.41) is 2.96. The van der Waals surface area contributed by atoms with E-state index in [1.165, 1.54) is 11.3 Å². The standard InChI is InChI=1S/C22H28N4O/c1-17(2)15-21(27)24-16-19-8-6-10-23-22(19)26-13-11-25(12-14-26)20-9-5-4-7-18(20)3/h4-10,15H,11-14,16H2,1-3H3,(H,24,27). The van der Waals surface area contributed by atoms with Crippen molar-refractivity contribution >= 4 is 17.4 Å². The number of benzene rings is 1. The normalized spacial score (nSPS) is 14.0. The van der Waals surface area contributed by atoms with Crippen LogP contribution in [0.4, 0.5) is 11.5 Å². The first-order valence-corrected chi connectivity index (χ1v) is 9.47. The number of rotatable bonds is 5. The highest BCUT2D eigenvalue weighted by Crippen LogP contribution is 2.24. The summed E-state index contributed by atoms with van der Waals surface area (Å²) in [7, 11) is 0. The number of para-hydroxylation sites is 1. The van der Waals surface area contributed by atoms with E-state index in [9.17, 15) is 4.79 Å². The van der Waals surface area contributed by atoms with Crippen LogP contribution in [0.15, 0.2) is 54.2 Å². The van der Waals surface area contributed by atoms with Crippen molar-refractivity contribution < 1.29 is 4.79 Å². The van der Waals surface area contributed by atoms with Gasteiger partial charge in [0.1, 0.15) is 5.82 Å². The molecule has 1 aliphatic rings. The fraction of sp³-hybridized carbons (Fsp3) is 0.364. The number of nitrogens with zero attached hydrogens (tertiary/aromatic N) is 3. The van der Waals surface area contributed by atoms with Gasteiger partial charge in [0.2, 0.25) is 5.91 Å². The summed E-state index contributed by atoms with van der Waals surface area (Å²) in [6.45, 7) is 10.3. The number of carbonyl (C=O) groups is 1. The summed E-state index contributed by atoms with van der Waals surface area (Å²) in [4.78, 5) is 21.3. The molecule has 0 bridgehead atoms. The van der Waals surface area contributed by atoms with Crippen molar-refractivity contribution in [3.05, 3.63) is 65.4 Å². The summed E-state index contributed by atoms with van der Waals surface area (Å²) in [5.74, 6) is 0.911.